The summed E-state index contributed by atoms with van der Waals surface area (Å²) in [5.74, 6) is 0.944. The molecule has 3 aromatic rings. The lowest BCUT2D eigenvalue weighted by atomic mass is 10.4. The number of nitrogens with two attached hydrogens (primary N) is 1. The van der Waals surface area contributed by atoms with Gasteiger partial charge in [-0.3, -0.25) is 20.8 Å². The highest BCUT2D eigenvalue weighted by molar-refractivity contribution is 5.78. The van der Waals surface area contributed by atoms with Gasteiger partial charge in [0, 0.05) is 18.5 Å². The van der Waals surface area contributed by atoms with E-state index in [4.69, 9.17) is 5.73 Å². The van der Waals surface area contributed by atoms with Crippen LogP contribution < -0.4 is 16.6 Å². The van der Waals surface area contributed by atoms with E-state index in [1.807, 2.05) is 36.4 Å². The molecule has 124 valence electrons. The fraction of sp³-hybridized carbons (Fsp3) is 0. The molecule has 3 aromatic heterocycles. The van der Waals surface area contributed by atoms with Crippen LogP contribution in [0.1, 0.15) is 11.4 Å². The van der Waals surface area contributed by atoms with Gasteiger partial charge in [0.05, 0.1) is 23.8 Å². The lowest BCUT2D eigenvalue weighted by Crippen LogP contribution is -2.03. The predicted octanol–water partition coefficient (Wildman–Crippen LogP) is 1.74. The van der Waals surface area contributed by atoms with Gasteiger partial charge >= 0.3 is 0 Å². The first kappa shape index (κ1) is 16.0. The number of rotatable bonds is 6. The molecule has 0 radical (unpaired) electrons. The Morgan fingerprint density at radius 1 is 0.800 bits per heavy atom. The van der Waals surface area contributed by atoms with Crippen LogP contribution in [0.25, 0.3) is 0 Å². The number of aromatic nitrogens is 4. The fourth-order valence-corrected chi connectivity index (χ4v) is 1.81. The van der Waals surface area contributed by atoms with E-state index in [2.05, 4.69) is 41.0 Å². The van der Waals surface area contributed by atoms with Gasteiger partial charge in [-0.15, -0.1) is 0 Å². The van der Waals surface area contributed by atoms with Gasteiger partial charge in [0.2, 0.25) is 5.95 Å². The van der Waals surface area contributed by atoms with E-state index in [-0.39, 0.29) is 5.95 Å². The molecule has 0 spiro atoms. The first-order valence-electron chi connectivity index (χ1n) is 7.34. The molecule has 0 bridgehead atoms. The maximum absolute atomic E-state index is 5.69. The first-order valence-corrected chi connectivity index (χ1v) is 7.34. The molecule has 3 heterocycles. The number of hydrogen-bond donors (Lipinski definition) is 3. The van der Waals surface area contributed by atoms with E-state index in [1.54, 1.807) is 30.9 Å². The van der Waals surface area contributed by atoms with Gasteiger partial charge in [0.1, 0.15) is 0 Å². The Morgan fingerprint density at radius 3 is 1.76 bits per heavy atom. The normalized spacial score (nSPS) is 11.0. The number of pyridine rings is 2. The zero-order valence-electron chi connectivity index (χ0n) is 13.1. The van der Waals surface area contributed by atoms with Gasteiger partial charge in [-0.1, -0.05) is 12.1 Å². The van der Waals surface area contributed by atoms with Crippen LogP contribution in [0.3, 0.4) is 0 Å². The van der Waals surface area contributed by atoms with Crippen molar-refractivity contribution in [1.29, 1.82) is 0 Å². The quantitative estimate of drug-likeness (QED) is 0.463. The van der Waals surface area contributed by atoms with Gasteiger partial charge in [0.15, 0.2) is 11.6 Å². The molecule has 9 nitrogen and oxygen atoms in total. The van der Waals surface area contributed by atoms with Crippen molar-refractivity contribution in [3.63, 3.8) is 0 Å². The topological polar surface area (TPSA) is 126 Å². The van der Waals surface area contributed by atoms with Crippen molar-refractivity contribution < 1.29 is 0 Å². The average Bonchev–Trinajstić information content (AvgIpc) is 2.63. The van der Waals surface area contributed by atoms with Crippen molar-refractivity contribution in [1.82, 2.24) is 19.9 Å². The number of anilines is 3. The van der Waals surface area contributed by atoms with Crippen molar-refractivity contribution in [3.05, 3.63) is 66.2 Å². The second-order valence-electron chi connectivity index (χ2n) is 4.75. The summed E-state index contributed by atoms with van der Waals surface area (Å²) in [4.78, 5) is 16.4. The summed E-state index contributed by atoms with van der Waals surface area (Å²) >= 11 is 0. The molecule has 0 unspecified atom stereocenters. The second kappa shape index (κ2) is 8.11. The van der Waals surface area contributed by atoms with E-state index < -0.39 is 0 Å². The van der Waals surface area contributed by atoms with Crippen LogP contribution in [0.4, 0.5) is 17.6 Å². The molecule has 4 N–H and O–H groups in total. The summed E-state index contributed by atoms with van der Waals surface area (Å²) in [7, 11) is 0. The van der Waals surface area contributed by atoms with Gasteiger partial charge in [-0.25, -0.2) is 0 Å². The lowest BCUT2D eigenvalue weighted by molar-refractivity contribution is 1.13. The van der Waals surface area contributed by atoms with Crippen molar-refractivity contribution in [3.8, 4) is 0 Å². The molecular weight excluding hydrogens is 318 g/mol. The molecule has 0 aromatic carbocycles. The van der Waals surface area contributed by atoms with Crippen molar-refractivity contribution in [2.75, 3.05) is 16.6 Å². The predicted molar refractivity (Wildman–Crippen MR) is 97.4 cm³/mol. The smallest absolute Gasteiger partial charge is 0.224 e. The fourth-order valence-electron chi connectivity index (χ4n) is 1.81. The summed E-state index contributed by atoms with van der Waals surface area (Å²) in [6.07, 6.45) is 6.52. The summed E-state index contributed by atoms with van der Waals surface area (Å²) in [6, 6.07) is 12.7. The van der Waals surface area contributed by atoms with Crippen LogP contribution in [-0.2, 0) is 0 Å². The number of hydrogen-bond acceptors (Lipinski definition) is 9. The maximum Gasteiger partial charge on any atom is 0.224 e. The Bertz CT molecular complexity index is 794. The third-order valence-electron chi connectivity index (χ3n) is 2.87. The van der Waals surface area contributed by atoms with Crippen LogP contribution in [0.15, 0.2) is 65.1 Å². The van der Waals surface area contributed by atoms with E-state index in [0.717, 1.165) is 11.4 Å². The highest BCUT2D eigenvalue weighted by Crippen LogP contribution is 2.12. The van der Waals surface area contributed by atoms with Crippen LogP contribution >= 0.6 is 0 Å². The molecule has 0 atom stereocenters. The Hall–Kier alpha value is -3.88. The minimum Gasteiger partial charge on any atom is -0.368 e. The molecule has 9 heteroatoms. The molecule has 0 saturated heterocycles. The average molecular weight is 333 g/mol. The largest absolute Gasteiger partial charge is 0.368 e. The molecule has 3 rings (SSSR count). The molecule has 0 fully saturated rings. The van der Waals surface area contributed by atoms with Crippen LogP contribution in [0, 0.1) is 0 Å². The Kier molecular flexibility index (Phi) is 5.19. The Balaban J connectivity index is 1.64. The standard InChI is InChI=1S/C16H15N9/c17-16-22-14(24-20-10-12-5-1-3-7-18-12)9-15(23-16)25-21-11-13-6-2-4-8-19-13/h1-11H,(H4,17,22,23,24,25). The Labute approximate surface area is 143 Å². The zero-order chi connectivity index (χ0) is 17.3. The van der Waals surface area contributed by atoms with Crippen molar-refractivity contribution in [2.24, 2.45) is 10.2 Å². The summed E-state index contributed by atoms with van der Waals surface area (Å²) in [6.45, 7) is 0. The lowest BCUT2D eigenvalue weighted by Gasteiger charge is -2.04. The number of nitrogen functional groups attached to an aromatic ring is 1. The highest BCUT2D eigenvalue weighted by atomic mass is 15.3. The van der Waals surface area contributed by atoms with Gasteiger partial charge in [-0.05, 0) is 24.3 Å². The van der Waals surface area contributed by atoms with E-state index >= 15 is 0 Å². The Morgan fingerprint density at radius 2 is 1.32 bits per heavy atom. The van der Waals surface area contributed by atoms with E-state index in [9.17, 15) is 0 Å². The van der Waals surface area contributed by atoms with Crippen molar-refractivity contribution >= 4 is 30.0 Å². The van der Waals surface area contributed by atoms with E-state index in [0.29, 0.717) is 11.6 Å². The number of hydrazone groups is 2. The summed E-state index contributed by atoms with van der Waals surface area (Å²) < 4.78 is 0. The third kappa shape index (κ3) is 5.06. The SMILES string of the molecule is Nc1nc(NN=Cc2ccccn2)cc(NN=Cc2ccccn2)n1. The number of nitrogens with one attached hydrogen (secondary N) is 2. The van der Waals surface area contributed by atoms with Crippen LogP contribution in [0.5, 0.6) is 0 Å². The third-order valence-corrected chi connectivity index (χ3v) is 2.87. The van der Waals surface area contributed by atoms with Gasteiger partial charge in [-0.2, -0.15) is 20.2 Å². The summed E-state index contributed by atoms with van der Waals surface area (Å²) in [5, 5.41) is 8.12. The highest BCUT2D eigenvalue weighted by Gasteiger charge is 2.00. The first-order chi connectivity index (χ1) is 12.3. The van der Waals surface area contributed by atoms with Crippen LogP contribution in [0.2, 0.25) is 0 Å². The minimum atomic E-state index is 0.0913. The molecule has 25 heavy (non-hydrogen) atoms. The zero-order valence-corrected chi connectivity index (χ0v) is 13.1. The van der Waals surface area contributed by atoms with Gasteiger partial charge in [0.25, 0.3) is 0 Å². The van der Waals surface area contributed by atoms with Crippen molar-refractivity contribution in [2.45, 2.75) is 0 Å². The van der Waals surface area contributed by atoms with E-state index in [1.165, 1.54) is 0 Å². The molecule has 0 amide bonds. The molecule has 0 aliphatic rings. The minimum absolute atomic E-state index is 0.0913. The van der Waals surface area contributed by atoms with Gasteiger partial charge < -0.3 is 5.73 Å². The molecule has 0 saturated carbocycles. The molecule has 0 aliphatic heterocycles. The monoisotopic (exact) mass is 333 g/mol. The molecular formula is C16H15N9. The summed E-state index contributed by atoms with van der Waals surface area (Å²) in [5.41, 5.74) is 12.7. The number of nitrogens with zero attached hydrogens (tertiary/aromatic N) is 6. The van der Waals surface area contributed by atoms with Crippen LogP contribution in [-0.4, -0.2) is 32.4 Å². The second-order valence-corrected chi connectivity index (χ2v) is 4.75. The maximum atomic E-state index is 5.69. The molecule has 0 aliphatic carbocycles.